The van der Waals surface area contributed by atoms with Crippen LogP contribution in [0.3, 0.4) is 0 Å². The zero-order valence-corrected chi connectivity index (χ0v) is 16.6. The van der Waals surface area contributed by atoms with Gasteiger partial charge in [0.25, 0.3) is 11.8 Å². The molecule has 2 fully saturated rings. The highest BCUT2D eigenvalue weighted by Crippen LogP contribution is 2.33. The Bertz CT molecular complexity index is 735. The molecule has 1 unspecified atom stereocenters. The van der Waals surface area contributed by atoms with E-state index in [-0.39, 0.29) is 17.9 Å². The molecule has 28 heavy (non-hydrogen) atoms. The van der Waals surface area contributed by atoms with Crippen LogP contribution in [0.1, 0.15) is 28.8 Å². The molecular weight excluding hydrogens is 360 g/mol. The quantitative estimate of drug-likeness (QED) is 0.697. The van der Waals surface area contributed by atoms with Gasteiger partial charge < -0.3 is 24.0 Å². The summed E-state index contributed by atoms with van der Waals surface area (Å²) in [6, 6.07) is 3.53. The van der Waals surface area contributed by atoms with Crippen molar-refractivity contribution in [2.45, 2.75) is 25.4 Å². The molecule has 0 aromatic heterocycles. The first kappa shape index (κ1) is 20.2. The normalized spacial score (nSPS) is 19.4. The van der Waals surface area contributed by atoms with Gasteiger partial charge in [-0.25, -0.2) is 0 Å². The van der Waals surface area contributed by atoms with Crippen LogP contribution in [0.2, 0.25) is 0 Å². The molecule has 0 aliphatic carbocycles. The molecule has 2 heterocycles. The van der Waals surface area contributed by atoms with E-state index < -0.39 is 0 Å². The van der Waals surface area contributed by atoms with E-state index in [9.17, 15) is 9.59 Å². The van der Waals surface area contributed by atoms with Crippen molar-refractivity contribution < 1.29 is 23.8 Å². The topological polar surface area (TPSA) is 68.3 Å². The summed E-state index contributed by atoms with van der Waals surface area (Å²) in [4.78, 5) is 29.1. The van der Waals surface area contributed by atoms with Gasteiger partial charge >= 0.3 is 0 Å². The number of benzene rings is 1. The SMILES string of the molecule is C=CCc1cc(C(=O)N2CCN(C(=O)C3CCCO3)CC2)cc(OC)c1OC. The highest BCUT2D eigenvalue weighted by atomic mass is 16.5. The third-order valence-corrected chi connectivity index (χ3v) is 5.25. The van der Waals surface area contributed by atoms with Crippen LogP contribution in [0.5, 0.6) is 11.5 Å². The molecule has 1 atom stereocenters. The van der Waals surface area contributed by atoms with Crippen LogP contribution >= 0.6 is 0 Å². The Morgan fingerprint density at radius 1 is 1.18 bits per heavy atom. The average Bonchev–Trinajstić information content (AvgIpc) is 3.27. The van der Waals surface area contributed by atoms with Gasteiger partial charge in [0.05, 0.1) is 14.2 Å². The maximum Gasteiger partial charge on any atom is 0.254 e. The summed E-state index contributed by atoms with van der Waals surface area (Å²) in [6.45, 7) is 6.48. The second-order valence-corrected chi connectivity index (χ2v) is 6.98. The Kier molecular flexibility index (Phi) is 6.57. The molecule has 0 bridgehead atoms. The van der Waals surface area contributed by atoms with Crippen molar-refractivity contribution in [1.29, 1.82) is 0 Å². The van der Waals surface area contributed by atoms with Crippen molar-refractivity contribution >= 4 is 11.8 Å². The molecule has 0 spiro atoms. The fraction of sp³-hybridized carbons (Fsp3) is 0.524. The minimum Gasteiger partial charge on any atom is -0.493 e. The number of carbonyl (C=O) groups excluding carboxylic acids is 2. The van der Waals surface area contributed by atoms with Gasteiger partial charge in [-0.15, -0.1) is 6.58 Å². The van der Waals surface area contributed by atoms with E-state index in [2.05, 4.69) is 6.58 Å². The first-order valence-electron chi connectivity index (χ1n) is 9.64. The number of amides is 2. The Balaban J connectivity index is 1.70. The number of methoxy groups -OCH3 is 2. The van der Waals surface area contributed by atoms with Crippen molar-refractivity contribution in [3.63, 3.8) is 0 Å². The lowest BCUT2D eigenvalue weighted by molar-refractivity contribution is -0.142. The van der Waals surface area contributed by atoms with E-state index in [4.69, 9.17) is 14.2 Å². The maximum atomic E-state index is 13.0. The zero-order valence-electron chi connectivity index (χ0n) is 16.6. The molecule has 2 aliphatic heterocycles. The number of nitrogens with zero attached hydrogens (tertiary/aromatic N) is 2. The fourth-order valence-corrected chi connectivity index (χ4v) is 3.76. The molecule has 2 amide bonds. The Labute approximate surface area is 165 Å². The summed E-state index contributed by atoms with van der Waals surface area (Å²) in [7, 11) is 3.13. The summed E-state index contributed by atoms with van der Waals surface area (Å²) in [5.41, 5.74) is 1.40. The van der Waals surface area contributed by atoms with Gasteiger partial charge in [0, 0.05) is 43.9 Å². The highest BCUT2D eigenvalue weighted by Gasteiger charge is 2.31. The van der Waals surface area contributed by atoms with Gasteiger partial charge in [0.1, 0.15) is 6.10 Å². The van der Waals surface area contributed by atoms with E-state index in [1.165, 1.54) is 0 Å². The van der Waals surface area contributed by atoms with Crippen molar-refractivity contribution in [3.8, 4) is 11.5 Å². The van der Waals surface area contributed by atoms with E-state index in [1.807, 2.05) is 6.07 Å². The number of rotatable bonds is 6. The van der Waals surface area contributed by atoms with Crippen LogP contribution < -0.4 is 9.47 Å². The summed E-state index contributed by atoms with van der Waals surface area (Å²) < 4.78 is 16.3. The molecule has 7 heteroatoms. The van der Waals surface area contributed by atoms with Gasteiger partial charge in [0.2, 0.25) is 0 Å². The predicted molar refractivity (Wildman–Crippen MR) is 105 cm³/mol. The Hall–Kier alpha value is -2.54. The standard InChI is InChI=1S/C21H28N2O5/c1-4-6-15-13-16(14-18(26-2)19(15)27-3)20(24)22-8-10-23(11-9-22)21(25)17-7-5-12-28-17/h4,13-14,17H,1,5-12H2,2-3H3. The van der Waals surface area contributed by atoms with Crippen molar-refractivity contribution in [2.75, 3.05) is 47.0 Å². The molecule has 3 rings (SSSR count). The number of allylic oxidation sites excluding steroid dienone is 1. The van der Waals surface area contributed by atoms with Gasteiger partial charge in [-0.2, -0.15) is 0 Å². The van der Waals surface area contributed by atoms with E-state index in [0.717, 1.165) is 18.4 Å². The van der Waals surface area contributed by atoms with Crippen LogP contribution in [0, 0.1) is 0 Å². The van der Waals surface area contributed by atoms with E-state index in [0.29, 0.717) is 56.3 Å². The van der Waals surface area contributed by atoms with Crippen molar-refractivity contribution in [1.82, 2.24) is 9.80 Å². The highest BCUT2D eigenvalue weighted by molar-refractivity contribution is 5.95. The van der Waals surface area contributed by atoms with Crippen LogP contribution in [0.4, 0.5) is 0 Å². The largest absolute Gasteiger partial charge is 0.493 e. The van der Waals surface area contributed by atoms with Gasteiger partial charge in [-0.3, -0.25) is 9.59 Å². The zero-order chi connectivity index (χ0) is 20.1. The number of hydrogen-bond acceptors (Lipinski definition) is 5. The summed E-state index contributed by atoms with van der Waals surface area (Å²) in [5, 5.41) is 0. The van der Waals surface area contributed by atoms with Crippen LogP contribution in [0.25, 0.3) is 0 Å². The average molecular weight is 388 g/mol. The lowest BCUT2D eigenvalue weighted by Crippen LogP contribution is -2.52. The fourth-order valence-electron chi connectivity index (χ4n) is 3.76. The molecule has 2 saturated heterocycles. The lowest BCUT2D eigenvalue weighted by atomic mass is 10.0. The Morgan fingerprint density at radius 2 is 1.89 bits per heavy atom. The molecule has 0 radical (unpaired) electrons. The van der Waals surface area contributed by atoms with Crippen molar-refractivity contribution in [2.24, 2.45) is 0 Å². The van der Waals surface area contributed by atoms with E-state index >= 15 is 0 Å². The third-order valence-electron chi connectivity index (χ3n) is 5.25. The molecule has 7 nitrogen and oxygen atoms in total. The minimum atomic E-state index is -0.311. The first-order chi connectivity index (χ1) is 13.6. The predicted octanol–water partition coefficient (Wildman–Crippen LogP) is 1.90. The molecule has 0 N–H and O–H groups in total. The summed E-state index contributed by atoms with van der Waals surface area (Å²) >= 11 is 0. The Morgan fingerprint density at radius 3 is 2.46 bits per heavy atom. The lowest BCUT2D eigenvalue weighted by Gasteiger charge is -2.36. The molecule has 2 aliphatic rings. The molecule has 0 saturated carbocycles. The molecule has 1 aromatic carbocycles. The second-order valence-electron chi connectivity index (χ2n) is 6.98. The van der Waals surface area contributed by atoms with Gasteiger partial charge in [0.15, 0.2) is 11.5 Å². The third kappa shape index (κ3) is 4.14. The second kappa shape index (κ2) is 9.10. The van der Waals surface area contributed by atoms with Crippen LogP contribution in [-0.2, 0) is 16.0 Å². The molecular formula is C21H28N2O5. The van der Waals surface area contributed by atoms with Gasteiger partial charge in [-0.1, -0.05) is 6.08 Å². The number of piperazine rings is 1. The first-order valence-corrected chi connectivity index (χ1v) is 9.64. The van der Waals surface area contributed by atoms with Crippen molar-refractivity contribution in [3.05, 3.63) is 35.9 Å². The van der Waals surface area contributed by atoms with Gasteiger partial charge in [-0.05, 0) is 31.4 Å². The number of ether oxygens (including phenoxy) is 3. The summed E-state index contributed by atoms with van der Waals surface area (Å²) in [6.07, 6.45) is 3.75. The number of hydrogen-bond donors (Lipinski definition) is 0. The maximum absolute atomic E-state index is 13.0. The van der Waals surface area contributed by atoms with E-state index in [1.54, 1.807) is 36.2 Å². The molecule has 1 aromatic rings. The molecule has 152 valence electrons. The number of carbonyl (C=O) groups is 2. The summed E-state index contributed by atoms with van der Waals surface area (Å²) in [5.74, 6) is 1.11. The minimum absolute atomic E-state index is 0.0454. The monoisotopic (exact) mass is 388 g/mol. The smallest absolute Gasteiger partial charge is 0.254 e. The van der Waals surface area contributed by atoms with Crippen LogP contribution in [-0.4, -0.2) is 74.7 Å². The van der Waals surface area contributed by atoms with Crippen LogP contribution in [0.15, 0.2) is 24.8 Å².